The van der Waals surface area contributed by atoms with E-state index in [-0.39, 0.29) is 16.9 Å². The first-order valence-electron chi connectivity index (χ1n) is 7.50. The summed E-state index contributed by atoms with van der Waals surface area (Å²) in [6, 6.07) is 6.39. The summed E-state index contributed by atoms with van der Waals surface area (Å²) in [7, 11) is -3.91. The van der Waals surface area contributed by atoms with Crippen molar-refractivity contribution in [3.63, 3.8) is 0 Å². The third-order valence-corrected chi connectivity index (χ3v) is 5.69. The van der Waals surface area contributed by atoms with Gasteiger partial charge in [0, 0.05) is 5.92 Å². The average molecular weight is 328 g/mol. The average Bonchev–Trinajstić information content (AvgIpc) is 2.44. The maximum atomic E-state index is 12.2. The molecule has 0 amide bonds. The Labute approximate surface area is 132 Å². The molecule has 1 saturated heterocycles. The van der Waals surface area contributed by atoms with E-state index in [4.69, 9.17) is 8.92 Å². The first-order chi connectivity index (χ1) is 10.1. The molecule has 1 aromatic rings. The highest BCUT2D eigenvalue weighted by Gasteiger charge is 2.44. The Bertz CT molecular complexity index is 610. The molecule has 0 aromatic heterocycles. The maximum Gasteiger partial charge on any atom is 0.297 e. The first kappa shape index (κ1) is 17.4. The van der Waals surface area contributed by atoms with Gasteiger partial charge in [-0.05, 0) is 38.3 Å². The zero-order valence-corrected chi connectivity index (χ0v) is 14.3. The number of aryl methyl sites for hydroxylation is 1. The van der Waals surface area contributed by atoms with E-state index in [0.29, 0.717) is 5.92 Å². The second kappa shape index (κ2) is 6.28. The number of ether oxygens (including phenoxy) is 1. The van der Waals surface area contributed by atoms with Crippen LogP contribution in [0.4, 0.5) is 0 Å². The van der Waals surface area contributed by atoms with Gasteiger partial charge in [0.1, 0.15) is 6.61 Å². The van der Waals surface area contributed by atoms with E-state index in [0.717, 1.165) is 12.0 Å². The van der Waals surface area contributed by atoms with Gasteiger partial charge in [0.2, 0.25) is 0 Å². The highest BCUT2D eigenvalue weighted by atomic mass is 32.2. The first-order valence-corrected chi connectivity index (χ1v) is 8.91. The molecule has 0 radical (unpaired) electrons. The summed E-state index contributed by atoms with van der Waals surface area (Å²) in [6.45, 7) is 7.23. The molecule has 6 heteroatoms. The predicted octanol–water partition coefficient (Wildman–Crippen LogP) is 2.47. The molecule has 0 bridgehead atoms. The number of rotatable bonds is 4. The molecular formula is C16H24O5S. The Balaban J connectivity index is 2.09. The molecule has 1 aliphatic rings. The third-order valence-electron chi connectivity index (χ3n) is 4.42. The van der Waals surface area contributed by atoms with Gasteiger partial charge in [0.05, 0.1) is 11.0 Å². The second-order valence-corrected chi connectivity index (χ2v) is 7.93. The van der Waals surface area contributed by atoms with E-state index in [1.54, 1.807) is 12.1 Å². The lowest BCUT2D eigenvalue weighted by Crippen LogP contribution is -2.52. The Morgan fingerprint density at radius 2 is 1.86 bits per heavy atom. The SMILES string of the molecule is Cc1ccc(S(=O)(=O)OC[C@]2(O)O[C@H](C)[C@@H](C)C[C@H]2C)cc1. The van der Waals surface area contributed by atoms with Crippen molar-refractivity contribution in [2.24, 2.45) is 11.8 Å². The number of benzene rings is 1. The van der Waals surface area contributed by atoms with Crippen LogP contribution in [-0.4, -0.2) is 32.0 Å². The maximum absolute atomic E-state index is 12.2. The predicted molar refractivity (Wildman–Crippen MR) is 82.8 cm³/mol. The zero-order valence-electron chi connectivity index (χ0n) is 13.4. The minimum atomic E-state index is -3.91. The van der Waals surface area contributed by atoms with Crippen molar-refractivity contribution in [2.45, 2.75) is 50.9 Å². The second-order valence-electron chi connectivity index (χ2n) is 6.31. The van der Waals surface area contributed by atoms with E-state index in [1.165, 1.54) is 12.1 Å². The molecule has 1 N–H and O–H groups in total. The fourth-order valence-electron chi connectivity index (χ4n) is 2.60. The van der Waals surface area contributed by atoms with Crippen LogP contribution in [0.3, 0.4) is 0 Å². The van der Waals surface area contributed by atoms with Gasteiger partial charge < -0.3 is 9.84 Å². The minimum Gasteiger partial charge on any atom is -0.363 e. The molecule has 5 nitrogen and oxygen atoms in total. The summed E-state index contributed by atoms with van der Waals surface area (Å²) in [4.78, 5) is 0.0755. The summed E-state index contributed by atoms with van der Waals surface area (Å²) in [5.74, 6) is -1.47. The van der Waals surface area contributed by atoms with E-state index in [9.17, 15) is 13.5 Å². The van der Waals surface area contributed by atoms with Gasteiger partial charge >= 0.3 is 0 Å². The lowest BCUT2D eigenvalue weighted by atomic mass is 9.84. The Hall–Kier alpha value is -0.950. The lowest BCUT2D eigenvalue weighted by molar-refractivity contribution is -0.298. The van der Waals surface area contributed by atoms with Gasteiger partial charge in [-0.15, -0.1) is 0 Å². The Morgan fingerprint density at radius 1 is 1.27 bits per heavy atom. The van der Waals surface area contributed by atoms with Crippen LogP contribution in [0, 0.1) is 18.8 Å². The van der Waals surface area contributed by atoms with Crippen molar-refractivity contribution in [3.8, 4) is 0 Å². The van der Waals surface area contributed by atoms with Crippen LogP contribution >= 0.6 is 0 Å². The third kappa shape index (κ3) is 3.68. The van der Waals surface area contributed by atoms with Crippen LogP contribution in [0.25, 0.3) is 0 Å². The van der Waals surface area contributed by atoms with E-state index in [1.807, 2.05) is 27.7 Å². The lowest BCUT2D eigenvalue weighted by Gasteiger charge is -2.43. The number of hydrogen-bond donors (Lipinski definition) is 1. The van der Waals surface area contributed by atoms with E-state index in [2.05, 4.69) is 0 Å². The minimum absolute atomic E-state index is 0.0755. The van der Waals surface area contributed by atoms with Crippen molar-refractivity contribution in [3.05, 3.63) is 29.8 Å². The van der Waals surface area contributed by atoms with Gasteiger partial charge in [-0.3, -0.25) is 4.18 Å². The summed E-state index contributed by atoms with van der Waals surface area (Å²) in [5.41, 5.74) is 0.963. The number of hydrogen-bond acceptors (Lipinski definition) is 5. The molecular weight excluding hydrogens is 304 g/mol. The van der Waals surface area contributed by atoms with Gasteiger partial charge in [-0.25, -0.2) is 0 Å². The standard InChI is InChI=1S/C16H24O5S/c1-11-5-7-15(8-6-11)22(18,19)20-10-16(17)13(3)9-12(2)14(4)21-16/h5-8,12-14,17H,9-10H2,1-4H3/t12-,13+,14+,16-/m0/s1. The topological polar surface area (TPSA) is 72.8 Å². The van der Waals surface area contributed by atoms with E-state index < -0.39 is 22.5 Å². The van der Waals surface area contributed by atoms with Crippen LogP contribution in [0.15, 0.2) is 29.2 Å². The van der Waals surface area contributed by atoms with Crippen molar-refractivity contribution in [1.29, 1.82) is 0 Å². The largest absolute Gasteiger partial charge is 0.363 e. The fourth-order valence-corrected chi connectivity index (χ4v) is 3.53. The Kier molecular flexibility index (Phi) is 4.96. The van der Waals surface area contributed by atoms with Crippen LogP contribution in [0.5, 0.6) is 0 Å². The summed E-state index contributed by atoms with van der Waals surface area (Å²) in [6.07, 6.45) is 0.609. The molecule has 1 aromatic carbocycles. The molecule has 124 valence electrons. The fraction of sp³-hybridized carbons (Fsp3) is 0.625. The quantitative estimate of drug-likeness (QED) is 0.860. The smallest absolute Gasteiger partial charge is 0.297 e. The van der Waals surface area contributed by atoms with Crippen molar-refractivity contribution >= 4 is 10.1 Å². The summed E-state index contributed by atoms with van der Waals surface area (Å²) < 4.78 is 35.0. The summed E-state index contributed by atoms with van der Waals surface area (Å²) >= 11 is 0. The van der Waals surface area contributed by atoms with Crippen molar-refractivity contribution < 1.29 is 22.4 Å². The monoisotopic (exact) mass is 328 g/mol. The molecule has 4 atom stereocenters. The van der Waals surface area contributed by atoms with Crippen LogP contribution in [0.1, 0.15) is 32.8 Å². The normalized spacial score (nSPS) is 32.9. The van der Waals surface area contributed by atoms with Gasteiger partial charge in [-0.1, -0.05) is 31.5 Å². The van der Waals surface area contributed by atoms with Crippen LogP contribution in [0.2, 0.25) is 0 Å². The molecule has 0 saturated carbocycles. The highest BCUT2D eigenvalue weighted by molar-refractivity contribution is 7.86. The molecule has 1 fully saturated rings. The molecule has 1 heterocycles. The highest BCUT2D eigenvalue weighted by Crippen LogP contribution is 2.36. The molecule has 0 unspecified atom stereocenters. The molecule has 0 aliphatic carbocycles. The van der Waals surface area contributed by atoms with Crippen molar-refractivity contribution in [2.75, 3.05) is 6.61 Å². The Morgan fingerprint density at radius 3 is 2.45 bits per heavy atom. The van der Waals surface area contributed by atoms with E-state index >= 15 is 0 Å². The molecule has 1 aliphatic heterocycles. The molecule has 2 rings (SSSR count). The molecule has 0 spiro atoms. The number of aliphatic hydroxyl groups is 1. The van der Waals surface area contributed by atoms with Gasteiger partial charge in [0.15, 0.2) is 5.79 Å². The van der Waals surface area contributed by atoms with Gasteiger partial charge in [0.25, 0.3) is 10.1 Å². The van der Waals surface area contributed by atoms with Crippen molar-refractivity contribution in [1.82, 2.24) is 0 Å². The van der Waals surface area contributed by atoms with Crippen LogP contribution in [-0.2, 0) is 19.0 Å². The summed E-state index contributed by atoms with van der Waals surface area (Å²) in [5, 5.41) is 10.6. The zero-order chi connectivity index (χ0) is 16.5. The molecule has 22 heavy (non-hydrogen) atoms. The van der Waals surface area contributed by atoms with Crippen LogP contribution < -0.4 is 0 Å². The van der Waals surface area contributed by atoms with Gasteiger partial charge in [-0.2, -0.15) is 8.42 Å².